The normalized spacial score (nSPS) is 17.8. The summed E-state index contributed by atoms with van der Waals surface area (Å²) in [6, 6.07) is 0. The zero-order chi connectivity index (χ0) is 58.2. The number of amides is 2. The number of carbonyl (C=O) groups excluding carboxylic acids is 6. The highest BCUT2D eigenvalue weighted by atomic mass is 31.2. The van der Waals surface area contributed by atoms with Gasteiger partial charge in [0.1, 0.15) is 38.8 Å². The minimum atomic E-state index is -4.65. The number of alkyl carbamates (subject to hydrolysis) is 2. The Morgan fingerprint density at radius 1 is 0.487 bits per heavy atom. The summed E-state index contributed by atoms with van der Waals surface area (Å²) in [6.45, 7) is 14.5. The van der Waals surface area contributed by atoms with Crippen molar-refractivity contribution in [1.29, 1.82) is 0 Å². The average Bonchev–Trinajstić information content (AvgIpc) is 3.36. The van der Waals surface area contributed by atoms with Crippen molar-refractivity contribution in [2.75, 3.05) is 58.5 Å². The van der Waals surface area contributed by atoms with Crippen LogP contribution in [0.4, 0.5) is 9.59 Å². The van der Waals surface area contributed by atoms with Crippen molar-refractivity contribution in [2.24, 2.45) is 23.7 Å². The van der Waals surface area contributed by atoms with Crippen LogP contribution in [-0.4, -0.2) is 121 Å². The number of nitrogens with one attached hydrogen (secondary N) is 2. The molecular formula is C57H102N2O17P2. The maximum Gasteiger partial charge on any atom is 0.407 e. The Kier molecular flexibility index (Phi) is 39.9. The van der Waals surface area contributed by atoms with E-state index in [2.05, 4.69) is 37.6 Å². The fraction of sp³-hybridized carbons (Fsp3) is 0.825. The first kappa shape index (κ1) is 72.3. The molecular weight excluding hydrogens is 1050 g/mol. The minimum absolute atomic E-state index is 0.119. The molecule has 1 saturated carbocycles. The molecule has 5 N–H and O–H groups in total. The number of rotatable bonds is 46. The van der Waals surface area contributed by atoms with Crippen LogP contribution in [0.15, 0.2) is 24.3 Å². The molecule has 7 atom stereocenters. The number of ether oxygens (including phenoxy) is 6. The first-order chi connectivity index (χ1) is 37.0. The Balaban J connectivity index is 2.63. The van der Waals surface area contributed by atoms with Gasteiger partial charge in [-0.2, -0.15) is 0 Å². The van der Waals surface area contributed by atoms with Gasteiger partial charge in [-0.05, 0) is 76.0 Å². The maximum absolute atomic E-state index is 12.6. The molecule has 0 radical (unpaired) electrons. The Labute approximate surface area is 467 Å². The molecule has 19 nitrogen and oxygen atoms in total. The van der Waals surface area contributed by atoms with Gasteiger partial charge in [-0.15, -0.1) is 0 Å². The smallest absolute Gasteiger partial charge is 0.407 e. The fourth-order valence-corrected chi connectivity index (χ4v) is 11.1. The van der Waals surface area contributed by atoms with Gasteiger partial charge in [0.15, 0.2) is 12.2 Å². The summed E-state index contributed by atoms with van der Waals surface area (Å²) < 4.78 is 53.3. The second-order valence-corrected chi connectivity index (χ2v) is 25.8. The van der Waals surface area contributed by atoms with Gasteiger partial charge < -0.3 is 53.7 Å². The van der Waals surface area contributed by atoms with Gasteiger partial charge in [-0.25, -0.2) is 19.2 Å². The Bertz CT molecular complexity index is 1850. The second kappa shape index (κ2) is 43.0. The van der Waals surface area contributed by atoms with Crippen molar-refractivity contribution < 1.29 is 81.0 Å². The molecule has 21 heteroatoms. The van der Waals surface area contributed by atoms with Crippen LogP contribution in [0.25, 0.3) is 0 Å². The lowest BCUT2D eigenvalue weighted by atomic mass is 9.61. The van der Waals surface area contributed by atoms with E-state index in [4.69, 9.17) is 38.2 Å². The van der Waals surface area contributed by atoms with E-state index in [9.17, 15) is 42.8 Å². The second-order valence-electron chi connectivity index (χ2n) is 21.7. The number of unbranched alkanes of at least 4 members (excludes halogenated alkanes) is 18. The molecule has 1 rings (SSSR count). The van der Waals surface area contributed by atoms with E-state index < -0.39 is 95.4 Å². The SMILES string of the molecule is C=C(C)C(=O)OCC(COC(=O)CP(C)(=O)O)OC(=O)NCCCCCCCCCC1CCC(CCCCC)C(CCCCCCC)C1CCCCCCCCCNC(=O)OC(COC(=O)CP(=O)(O)O)COC(=O)C(=C)C. The van der Waals surface area contributed by atoms with Crippen molar-refractivity contribution in [3.05, 3.63) is 24.3 Å². The molecule has 0 aliphatic heterocycles. The maximum atomic E-state index is 12.6. The van der Waals surface area contributed by atoms with Crippen LogP contribution in [0.3, 0.4) is 0 Å². The van der Waals surface area contributed by atoms with Crippen molar-refractivity contribution in [3.63, 3.8) is 0 Å². The van der Waals surface area contributed by atoms with Gasteiger partial charge in [-0.1, -0.05) is 168 Å². The molecule has 0 aromatic heterocycles. The van der Waals surface area contributed by atoms with Crippen LogP contribution in [-0.2, 0) is 56.7 Å². The molecule has 2 amide bonds. The van der Waals surface area contributed by atoms with E-state index in [0.29, 0.717) is 13.1 Å². The first-order valence-corrected chi connectivity index (χ1v) is 33.3. The molecule has 7 unspecified atom stereocenters. The molecule has 0 spiro atoms. The molecule has 452 valence electrons. The first-order valence-electron chi connectivity index (χ1n) is 29.2. The zero-order valence-corrected chi connectivity index (χ0v) is 50.1. The highest BCUT2D eigenvalue weighted by Crippen LogP contribution is 2.48. The quantitative estimate of drug-likeness (QED) is 0.0125. The predicted octanol–water partition coefficient (Wildman–Crippen LogP) is 12.0. The van der Waals surface area contributed by atoms with Gasteiger partial charge in [0.25, 0.3) is 0 Å². The number of hydrogen-bond donors (Lipinski definition) is 5. The summed E-state index contributed by atoms with van der Waals surface area (Å²) in [5, 5.41) is 5.38. The topological polar surface area (TPSA) is 277 Å². The number of carbonyl (C=O) groups is 6. The van der Waals surface area contributed by atoms with E-state index in [0.717, 1.165) is 81.7 Å². The molecule has 0 heterocycles. The summed E-state index contributed by atoms with van der Waals surface area (Å²) in [5.41, 5.74) is 0.269. The summed E-state index contributed by atoms with van der Waals surface area (Å²) >= 11 is 0. The van der Waals surface area contributed by atoms with Gasteiger partial charge in [-0.3, -0.25) is 18.7 Å². The minimum Gasteiger partial charge on any atom is -0.461 e. The summed E-state index contributed by atoms with van der Waals surface area (Å²) in [6.07, 6.45) is 27.9. The van der Waals surface area contributed by atoms with E-state index in [-0.39, 0.29) is 17.8 Å². The van der Waals surface area contributed by atoms with Crippen LogP contribution in [0.1, 0.15) is 207 Å². The third-order valence-corrected chi connectivity index (χ3v) is 15.7. The molecule has 78 heavy (non-hydrogen) atoms. The molecule has 0 aromatic rings. The van der Waals surface area contributed by atoms with E-state index in [1.807, 2.05) is 0 Å². The molecule has 0 saturated heterocycles. The van der Waals surface area contributed by atoms with Crippen molar-refractivity contribution in [3.8, 4) is 0 Å². The van der Waals surface area contributed by atoms with E-state index in [1.165, 1.54) is 142 Å². The van der Waals surface area contributed by atoms with Gasteiger partial charge in [0.2, 0.25) is 7.37 Å². The fourth-order valence-electron chi connectivity index (χ4n) is 10.1. The van der Waals surface area contributed by atoms with Crippen LogP contribution < -0.4 is 10.6 Å². The highest BCUT2D eigenvalue weighted by molar-refractivity contribution is 7.58. The lowest BCUT2D eigenvalue weighted by Gasteiger charge is -2.44. The highest BCUT2D eigenvalue weighted by Gasteiger charge is 2.38. The Morgan fingerprint density at radius 3 is 1.18 bits per heavy atom. The van der Waals surface area contributed by atoms with E-state index >= 15 is 0 Å². The molecule has 0 bridgehead atoms. The predicted molar refractivity (Wildman–Crippen MR) is 302 cm³/mol. The average molecular weight is 1150 g/mol. The van der Waals surface area contributed by atoms with Crippen LogP contribution in [0.5, 0.6) is 0 Å². The van der Waals surface area contributed by atoms with Gasteiger partial charge >= 0.3 is 43.7 Å². The monoisotopic (exact) mass is 1150 g/mol. The number of hydrogen-bond acceptors (Lipinski definition) is 14. The van der Waals surface area contributed by atoms with Crippen LogP contribution >= 0.6 is 15.0 Å². The van der Waals surface area contributed by atoms with Gasteiger partial charge in [0, 0.05) is 30.9 Å². The third-order valence-electron chi connectivity index (χ3n) is 14.2. The molecule has 1 aliphatic carbocycles. The number of esters is 4. The summed E-state index contributed by atoms with van der Waals surface area (Å²) in [5.74, 6) is -0.316. The van der Waals surface area contributed by atoms with Crippen molar-refractivity contribution in [2.45, 2.75) is 220 Å². The standard InChI is InChI=1S/C57H102N2O17P2/c1-8-10-12-19-26-32-50-46(30-24-11-9-2)34-35-47(31-25-20-15-13-17-22-28-36-58-56(64)75-48(40-73-54(62)44(3)4)38-71-52(60)42-77(7,66)67)51(50)33-27-21-16-14-18-23-29-37-59-57(65)76-49(41-74-55(63)45(5)6)39-72-53(61)43-78(68,69)70/h46-51H,3,5,8-43H2,1-2,4,6-7H3,(H,58,64)(H,59,65)(H,66,67)(H2,68,69,70). The Morgan fingerprint density at radius 2 is 0.808 bits per heavy atom. The van der Waals surface area contributed by atoms with Crippen molar-refractivity contribution >= 4 is 51.0 Å². The summed E-state index contributed by atoms with van der Waals surface area (Å²) in [7, 11) is -8.30. The molecule has 1 fully saturated rings. The van der Waals surface area contributed by atoms with Crippen LogP contribution in [0.2, 0.25) is 0 Å². The lowest BCUT2D eigenvalue weighted by Crippen LogP contribution is -2.36. The lowest BCUT2D eigenvalue weighted by molar-refractivity contribution is -0.150. The third kappa shape index (κ3) is 38.8. The Hall–Kier alpha value is -3.76. The largest absolute Gasteiger partial charge is 0.461 e. The summed E-state index contributed by atoms with van der Waals surface area (Å²) in [4.78, 5) is 100. The van der Waals surface area contributed by atoms with Crippen molar-refractivity contribution in [1.82, 2.24) is 10.6 Å². The zero-order valence-electron chi connectivity index (χ0n) is 48.3. The van der Waals surface area contributed by atoms with Crippen LogP contribution in [0, 0.1) is 23.7 Å². The van der Waals surface area contributed by atoms with Gasteiger partial charge in [0.05, 0.1) is 0 Å². The molecule has 0 aromatic carbocycles. The van der Waals surface area contributed by atoms with E-state index in [1.54, 1.807) is 0 Å². The molecule has 1 aliphatic rings.